The minimum Gasteiger partial charge on any atom is -0.338 e. The Morgan fingerprint density at radius 2 is 2.12 bits per heavy atom. The van der Waals surface area contributed by atoms with Crippen molar-refractivity contribution in [2.45, 2.75) is 44.8 Å². The Labute approximate surface area is 91.0 Å². The van der Waals surface area contributed by atoms with Crippen molar-refractivity contribution in [3.63, 3.8) is 0 Å². The Morgan fingerprint density at radius 1 is 1.44 bits per heavy atom. The number of rotatable bonds is 5. The van der Waals surface area contributed by atoms with Crippen molar-refractivity contribution in [2.24, 2.45) is 5.73 Å². The van der Waals surface area contributed by atoms with E-state index >= 15 is 0 Å². The highest BCUT2D eigenvalue weighted by atomic mass is 19.4. The lowest BCUT2D eigenvalue weighted by Crippen LogP contribution is -2.11. The minimum atomic E-state index is -4.20. The van der Waals surface area contributed by atoms with Gasteiger partial charge in [-0.15, -0.1) is 0 Å². The van der Waals surface area contributed by atoms with Crippen LogP contribution in [0.25, 0.3) is 0 Å². The van der Waals surface area contributed by atoms with Crippen LogP contribution in [-0.4, -0.2) is 16.3 Å². The lowest BCUT2D eigenvalue weighted by molar-refractivity contribution is -0.134. The maximum atomic E-state index is 11.9. The topological polar surface area (TPSA) is 64.9 Å². The Bertz CT molecular complexity index is 324. The van der Waals surface area contributed by atoms with E-state index in [-0.39, 0.29) is 18.1 Å². The van der Waals surface area contributed by atoms with Crippen molar-refractivity contribution in [1.82, 2.24) is 10.1 Å². The smallest absolute Gasteiger partial charge is 0.338 e. The number of hydrogen-bond donors (Lipinski definition) is 1. The van der Waals surface area contributed by atoms with Crippen LogP contribution in [-0.2, 0) is 6.42 Å². The Kier molecular flexibility index (Phi) is 4.28. The molecule has 0 aliphatic rings. The molecule has 0 saturated carbocycles. The zero-order chi connectivity index (χ0) is 12.2. The van der Waals surface area contributed by atoms with E-state index in [0.29, 0.717) is 6.42 Å². The fourth-order valence-electron chi connectivity index (χ4n) is 1.21. The van der Waals surface area contributed by atoms with E-state index in [9.17, 15) is 13.2 Å². The summed E-state index contributed by atoms with van der Waals surface area (Å²) in [6.07, 6.45) is -3.91. The quantitative estimate of drug-likeness (QED) is 0.853. The van der Waals surface area contributed by atoms with Crippen LogP contribution in [0.15, 0.2) is 4.52 Å². The van der Waals surface area contributed by atoms with E-state index in [1.165, 1.54) is 0 Å². The molecule has 0 radical (unpaired) electrons. The van der Waals surface area contributed by atoms with E-state index in [1.54, 1.807) is 0 Å². The molecule has 2 N–H and O–H groups in total. The van der Waals surface area contributed by atoms with Crippen molar-refractivity contribution in [3.8, 4) is 0 Å². The van der Waals surface area contributed by atoms with Crippen molar-refractivity contribution in [3.05, 3.63) is 11.7 Å². The average molecular weight is 237 g/mol. The maximum Gasteiger partial charge on any atom is 0.389 e. The molecule has 1 heterocycles. The molecule has 1 rings (SSSR count). The molecule has 0 amide bonds. The lowest BCUT2D eigenvalue weighted by atomic mass is 10.2. The molecule has 7 heteroatoms. The molecule has 0 bridgehead atoms. The third-order valence-electron chi connectivity index (χ3n) is 2.03. The fraction of sp³-hybridized carbons (Fsp3) is 0.778. The van der Waals surface area contributed by atoms with Crippen LogP contribution < -0.4 is 5.73 Å². The minimum absolute atomic E-state index is 0.0545. The molecule has 92 valence electrons. The van der Waals surface area contributed by atoms with E-state index < -0.39 is 18.6 Å². The lowest BCUT2D eigenvalue weighted by Gasteiger charge is -2.03. The number of halogens is 3. The summed E-state index contributed by atoms with van der Waals surface area (Å²) in [5.74, 6) is 0.262. The zero-order valence-corrected chi connectivity index (χ0v) is 8.92. The molecular weight excluding hydrogens is 223 g/mol. The van der Waals surface area contributed by atoms with E-state index in [2.05, 4.69) is 10.1 Å². The molecule has 4 nitrogen and oxygen atoms in total. The first-order valence-electron chi connectivity index (χ1n) is 5.07. The van der Waals surface area contributed by atoms with Gasteiger partial charge in [0.1, 0.15) is 0 Å². The van der Waals surface area contributed by atoms with Gasteiger partial charge in [-0.1, -0.05) is 18.5 Å². The SMILES string of the molecule is CCC[C@@H](N)c1nc(CCC(F)(F)F)no1. The molecule has 0 fully saturated rings. The molecule has 1 aromatic rings. The first-order chi connectivity index (χ1) is 7.42. The molecule has 0 aromatic carbocycles. The molecule has 0 saturated heterocycles. The van der Waals surface area contributed by atoms with Crippen molar-refractivity contribution < 1.29 is 17.7 Å². The maximum absolute atomic E-state index is 11.9. The average Bonchev–Trinajstić information content (AvgIpc) is 2.62. The highest BCUT2D eigenvalue weighted by Gasteiger charge is 2.27. The predicted octanol–water partition coefficient (Wildman–Crippen LogP) is 2.36. The van der Waals surface area contributed by atoms with Gasteiger partial charge in [-0.2, -0.15) is 18.2 Å². The highest BCUT2D eigenvalue weighted by Crippen LogP contribution is 2.21. The van der Waals surface area contributed by atoms with Crippen molar-refractivity contribution in [2.75, 3.05) is 0 Å². The molecule has 16 heavy (non-hydrogen) atoms. The molecular formula is C9H14F3N3O. The summed E-state index contributed by atoms with van der Waals surface area (Å²) in [5.41, 5.74) is 5.68. The number of aromatic nitrogens is 2. The first kappa shape index (κ1) is 13.0. The van der Waals surface area contributed by atoms with Gasteiger partial charge in [0, 0.05) is 6.42 Å². The Balaban J connectivity index is 2.51. The van der Waals surface area contributed by atoms with E-state index in [0.717, 1.165) is 6.42 Å². The van der Waals surface area contributed by atoms with Crippen LogP contribution in [0.4, 0.5) is 13.2 Å². The van der Waals surface area contributed by atoms with Crippen LogP contribution in [0.2, 0.25) is 0 Å². The molecule has 0 spiro atoms. The summed E-state index contributed by atoms with van der Waals surface area (Å²) in [5, 5.41) is 3.46. The second-order valence-corrected chi connectivity index (χ2v) is 3.56. The second-order valence-electron chi connectivity index (χ2n) is 3.56. The van der Waals surface area contributed by atoms with Gasteiger partial charge in [0.25, 0.3) is 0 Å². The van der Waals surface area contributed by atoms with Gasteiger partial charge in [-0.05, 0) is 6.42 Å². The second kappa shape index (κ2) is 5.29. The highest BCUT2D eigenvalue weighted by molar-refractivity contribution is 4.92. The normalized spacial score (nSPS) is 14.1. The number of nitrogens with two attached hydrogens (primary N) is 1. The van der Waals surface area contributed by atoms with Gasteiger partial charge in [-0.25, -0.2) is 0 Å². The van der Waals surface area contributed by atoms with Gasteiger partial charge in [0.2, 0.25) is 5.89 Å². The molecule has 0 unspecified atom stereocenters. The van der Waals surface area contributed by atoms with Crippen LogP contribution in [0.3, 0.4) is 0 Å². The van der Waals surface area contributed by atoms with Gasteiger partial charge in [-0.3, -0.25) is 0 Å². The number of alkyl halides is 3. The van der Waals surface area contributed by atoms with Gasteiger partial charge in [0.05, 0.1) is 12.5 Å². The third kappa shape index (κ3) is 4.18. The van der Waals surface area contributed by atoms with Crippen molar-refractivity contribution in [1.29, 1.82) is 0 Å². The monoisotopic (exact) mass is 237 g/mol. The summed E-state index contributed by atoms with van der Waals surface area (Å²) in [7, 11) is 0. The van der Waals surface area contributed by atoms with Gasteiger partial charge in [0.15, 0.2) is 5.82 Å². The van der Waals surface area contributed by atoms with Crippen molar-refractivity contribution >= 4 is 0 Å². The predicted molar refractivity (Wildman–Crippen MR) is 50.5 cm³/mol. The summed E-state index contributed by atoms with van der Waals surface area (Å²) in [6.45, 7) is 1.95. The van der Waals surface area contributed by atoms with Crippen LogP contribution in [0.5, 0.6) is 0 Å². The van der Waals surface area contributed by atoms with Crippen LogP contribution in [0.1, 0.15) is 43.9 Å². The summed E-state index contributed by atoms with van der Waals surface area (Å²) < 4.78 is 40.5. The Hall–Kier alpha value is -1.11. The molecule has 1 aromatic heterocycles. The summed E-state index contributed by atoms with van der Waals surface area (Å²) in [4.78, 5) is 3.83. The van der Waals surface area contributed by atoms with Gasteiger partial charge < -0.3 is 10.3 Å². The van der Waals surface area contributed by atoms with E-state index in [4.69, 9.17) is 10.3 Å². The summed E-state index contributed by atoms with van der Waals surface area (Å²) >= 11 is 0. The van der Waals surface area contributed by atoms with Crippen LogP contribution in [0, 0.1) is 0 Å². The molecule has 0 aliphatic carbocycles. The fourth-order valence-corrected chi connectivity index (χ4v) is 1.21. The number of hydrogen-bond acceptors (Lipinski definition) is 4. The third-order valence-corrected chi connectivity index (χ3v) is 2.03. The standard InChI is InChI=1S/C9H14F3N3O/c1-2-3-6(13)8-14-7(15-16-8)4-5-9(10,11)12/h6H,2-5,13H2,1H3/t6-/m1/s1. The molecule has 0 aliphatic heterocycles. The number of nitrogens with zero attached hydrogens (tertiary/aromatic N) is 2. The largest absolute Gasteiger partial charge is 0.389 e. The zero-order valence-electron chi connectivity index (χ0n) is 8.92. The molecule has 1 atom stereocenters. The first-order valence-corrected chi connectivity index (χ1v) is 5.07. The summed E-state index contributed by atoms with van der Waals surface area (Å²) in [6, 6.07) is -0.392. The van der Waals surface area contributed by atoms with Crippen LogP contribution >= 0.6 is 0 Å². The van der Waals surface area contributed by atoms with E-state index in [1.807, 2.05) is 6.92 Å². The Morgan fingerprint density at radius 3 is 2.69 bits per heavy atom. The number of aryl methyl sites for hydroxylation is 1. The van der Waals surface area contributed by atoms with Gasteiger partial charge >= 0.3 is 6.18 Å².